The molecule has 0 atom stereocenters. The number of aromatic nitrogens is 2. The maximum absolute atomic E-state index is 4.03. The number of nitrogens with zero attached hydrogens (tertiary/aromatic N) is 1. The standard InChI is InChI=1S/C14H25N3/c1-14(2,3)11-4-6-12(7-5-11)16-9-13-8-15-10-17-13/h8,10-12,16H,4-7,9H2,1-3H3,(H,15,17). The monoisotopic (exact) mass is 235 g/mol. The molecule has 1 aromatic heterocycles. The van der Waals surface area contributed by atoms with E-state index in [1.54, 1.807) is 6.33 Å². The molecule has 0 radical (unpaired) electrons. The van der Waals surface area contributed by atoms with Crippen LogP contribution in [-0.2, 0) is 6.54 Å². The average molecular weight is 235 g/mol. The highest BCUT2D eigenvalue weighted by atomic mass is 15.0. The normalized spacial score (nSPS) is 26.1. The van der Waals surface area contributed by atoms with E-state index in [9.17, 15) is 0 Å². The number of hydrogen-bond donors (Lipinski definition) is 2. The number of hydrogen-bond acceptors (Lipinski definition) is 2. The van der Waals surface area contributed by atoms with Gasteiger partial charge in [0.25, 0.3) is 0 Å². The third-order valence-corrected chi connectivity index (χ3v) is 4.09. The van der Waals surface area contributed by atoms with Crippen LogP contribution in [0.15, 0.2) is 12.5 Å². The Bertz CT molecular complexity index is 316. The molecule has 96 valence electrons. The molecule has 2 N–H and O–H groups in total. The van der Waals surface area contributed by atoms with Gasteiger partial charge in [-0.3, -0.25) is 0 Å². The zero-order valence-corrected chi connectivity index (χ0v) is 11.3. The van der Waals surface area contributed by atoms with Crippen molar-refractivity contribution in [3.8, 4) is 0 Å². The molecule has 0 unspecified atom stereocenters. The van der Waals surface area contributed by atoms with Crippen molar-refractivity contribution in [1.82, 2.24) is 15.3 Å². The average Bonchev–Trinajstić information content (AvgIpc) is 2.78. The summed E-state index contributed by atoms with van der Waals surface area (Å²) >= 11 is 0. The summed E-state index contributed by atoms with van der Waals surface area (Å²) in [5.74, 6) is 0.896. The molecule has 1 fully saturated rings. The molecule has 3 heteroatoms. The molecule has 3 nitrogen and oxygen atoms in total. The highest BCUT2D eigenvalue weighted by Crippen LogP contribution is 2.37. The minimum atomic E-state index is 0.481. The summed E-state index contributed by atoms with van der Waals surface area (Å²) in [7, 11) is 0. The minimum Gasteiger partial charge on any atom is -0.347 e. The summed E-state index contributed by atoms with van der Waals surface area (Å²) in [6.45, 7) is 8.03. The van der Waals surface area contributed by atoms with Gasteiger partial charge in [-0.1, -0.05) is 20.8 Å². The third kappa shape index (κ3) is 3.56. The highest BCUT2D eigenvalue weighted by Gasteiger charge is 2.29. The van der Waals surface area contributed by atoms with Crippen LogP contribution in [0.2, 0.25) is 0 Å². The van der Waals surface area contributed by atoms with Gasteiger partial charge < -0.3 is 10.3 Å². The molecule has 0 amide bonds. The Labute approximate surface area is 104 Å². The van der Waals surface area contributed by atoms with Crippen molar-refractivity contribution in [3.05, 3.63) is 18.2 Å². The SMILES string of the molecule is CC(C)(C)C1CCC(NCc2cnc[nH]2)CC1. The van der Waals surface area contributed by atoms with Crippen LogP contribution in [0.25, 0.3) is 0 Å². The van der Waals surface area contributed by atoms with Gasteiger partial charge in [-0.05, 0) is 37.0 Å². The van der Waals surface area contributed by atoms with Gasteiger partial charge >= 0.3 is 0 Å². The van der Waals surface area contributed by atoms with E-state index in [0.29, 0.717) is 11.5 Å². The summed E-state index contributed by atoms with van der Waals surface area (Å²) in [6, 6.07) is 0.692. The van der Waals surface area contributed by atoms with Crippen LogP contribution in [0, 0.1) is 11.3 Å². The zero-order chi connectivity index (χ0) is 12.3. The summed E-state index contributed by atoms with van der Waals surface area (Å²) < 4.78 is 0. The van der Waals surface area contributed by atoms with Crippen LogP contribution in [0.4, 0.5) is 0 Å². The molecule has 0 saturated heterocycles. The first-order valence-corrected chi connectivity index (χ1v) is 6.76. The number of H-pyrrole nitrogens is 1. The number of aromatic amines is 1. The van der Waals surface area contributed by atoms with Gasteiger partial charge in [-0.2, -0.15) is 0 Å². The van der Waals surface area contributed by atoms with Gasteiger partial charge in [0.1, 0.15) is 0 Å². The van der Waals surface area contributed by atoms with E-state index in [1.165, 1.54) is 31.4 Å². The van der Waals surface area contributed by atoms with Gasteiger partial charge in [0.15, 0.2) is 0 Å². The highest BCUT2D eigenvalue weighted by molar-refractivity contribution is 4.94. The third-order valence-electron chi connectivity index (χ3n) is 4.09. The largest absolute Gasteiger partial charge is 0.347 e. The molecule has 1 heterocycles. The van der Waals surface area contributed by atoms with Crippen molar-refractivity contribution in [1.29, 1.82) is 0 Å². The van der Waals surface area contributed by atoms with Gasteiger partial charge in [-0.25, -0.2) is 4.98 Å². The lowest BCUT2D eigenvalue weighted by atomic mass is 9.71. The van der Waals surface area contributed by atoms with Gasteiger partial charge in [0.2, 0.25) is 0 Å². The molecule has 0 bridgehead atoms. The van der Waals surface area contributed by atoms with Crippen molar-refractivity contribution in [3.63, 3.8) is 0 Å². The Morgan fingerprint density at radius 3 is 2.53 bits per heavy atom. The van der Waals surface area contributed by atoms with Crippen LogP contribution in [0.1, 0.15) is 52.1 Å². The minimum absolute atomic E-state index is 0.481. The molecule has 0 aliphatic heterocycles. The van der Waals surface area contributed by atoms with Crippen molar-refractivity contribution in [2.75, 3.05) is 0 Å². The Morgan fingerprint density at radius 1 is 1.29 bits per heavy atom. The van der Waals surface area contributed by atoms with Gasteiger partial charge in [0, 0.05) is 24.5 Å². The molecule has 1 aliphatic carbocycles. The molecule has 0 aromatic carbocycles. The lowest BCUT2D eigenvalue weighted by Gasteiger charge is -2.37. The fraction of sp³-hybridized carbons (Fsp3) is 0.786. The van der Waals surface area contributed by atoms with Crippen LogP contribution in [0.3, 0.4) is 0 Å². The predicted octanol–water partition coefficient (Wildman–Crippen LogP) is 3.10. The molecule has 2 rings (SSSR count). The van der Waals surface area contributed by atoms with E-state index < -0.39 is 0 Å². The Balaban J connectivity index is 1.72. The Kier molecular flexibility index (Phi) is 3.87. The predicted molar refractivity (Wildman–Crippen MR) is 70.6 cm³/mol. The maximum atomic E-state index is 4.03. The van der Waals surface area contributed by atoms with Crippen molar-refractivity contribution >= 4 is 0 Å². The molecule has 1 saturated carbocycles. The molecule has 17 heavy (non-hydrogen) atoms. The molecule has 1 aliphatic rings. The van der Waals surface area contributed by atoms with Crippen LogP contribution in [0.5, 0.6) is 0 Å². The molecule has 0 spiro atoms. The first-order valence-electron chi connectivity index (χ1n) is 6.76. The summed E-state index contributed by atoms with van der Waals surface area (Å²) in [4.78, 5) is 7.17. The Hall–Kier alpha value is -0.830. The zero-order valence-electron chi connectivity index (χ0n) is 11.3. The quantitative estimate of drug-likeness (QED) is 0.845. The van der Waals surface area contributed by atoms with Crippen molar-refractivity contribution in [2.45, 2.75) is 59.0 Å². The van der Waals surface area contributed by atoms with E-state index in [4.69, 9.17) is 0 Å². The van der Waals surface area contributed by atoms with E-state index in [0.717, 1.165) is 12.5 Å². The maximum Gasteiger partial charge on any atom is 0.0922 e. The topological polar surface area (TPSA) is 40.7 Å². The van der Waals surface area contributed by atoms with E-state index in [2.05, 4.69) is 36.1 Å². The van der Waals surface area contributed by atoms with Gasteiger partial charge in [-0.15, -0.1) is 0 Å². The van der Waals surface area contributed by atoms with Crippen molar-refractivity contribution in [2.24, 2.45) is 11.3 Å². The molecular formula is C14H25N3. The summed E-state index contributed by atoms with van der Waals surface area (Å²) in [5, 5.41) is 3.62. The molecule has 1 aromatic rings. The summed E-state index contributed by atoms with van der Waals surface area (Å²) in [5.41, 5.74) is 1.66. The fourth-order valence-electron chi connectivity index (χ4n) is 2.80. The Morgan fingerprint density at radius 2 is 2.00 bits per heavy atom. The fourth-order valence-corrected chi connectivity index (χ4v) is 2.80. The van der Waals surface area contributed by atoms with Gasteiger partial charge in [0.05, 0.1) is 6.33 Å². The number of nitrogens with one attached hydrogen (secondary N) is 2. The van der Waals surface area contributed by atoms with E-state index >= 15 is 0 Å². The number of imidazole rings is 1. The second kappa shape index (κ2) is 5.21. The smallest absolute Gasteiger partial charge is 0.0922 e. The van der Waals surface area contributed by atoms with Crippen LogP contribution >= 0.6 is 0 Å². The second-order valence-electron chi connectivity index (χ2n) is 6.37. The van der Waals surface area contributed by atoms with Crippen molar-refractivity contribution < 1.29 is 0 Å². The van der Waals surface area contributed by atoms with Crippen LogP contribution < -0.4 is 5.32 Å². The summed E-state index contributed by atoms with van der Waals surface area (Å²) in [6.07, 6.45) is 9.00. The van der Waals surface area contributed by atoms with E-state index in [-0.39, 0.29) is 0 Å². The molecular weight excluding hydrogens is 210 g/mol. The lowest BCUT2D eigenvalue weighted by molar-refractivity contribution is 0.159. The first kappa shape index (κ1) is 12.6. The lowest BCUT2D eigenvalue weighted by Crippen LogP contribution is -2.35. The van der Waals surface area contributed by atoms with Crippen LogP contribution in [-0.4, -0.2) is 16.0 Å². The second-order valence-corrected chi connectivity index (χ2v) is 6.37. The first-order chi connectivity index (χ1) is 8.05. The van der Waals surface area contributed by atoms with E-state index in [1.807, 2.05) is 6.20 Å². The number of rotatable bonds is 3.